The van der Waals surface area contributed by atoms with Crippen LogP contribution in [-0.4, -0.2) is 67.7 Å². The molecule has 2 heterocycles. The van der Waals surface area contributed by atoms with E-state index in [4.69, 9.17) is 15.0 Å². The Morgan fingerprint density at radius 2 is 2.00 bits per heavy atom. The SMILES string of the molecule is CCNC(=NCc1ccc(C#N)cc1)N1CCC(N2CCOCC2)C1.I. The van der Waals surface area contributed by atoms with Gasteiger partial charge in [-0.15, -0.1) is 24.0 Å². The molecule has 1 unspecified atom stereocenters. The second-order valence-corrected chi connectivity index (χ2v) is 6.52. The van der Waals surface area contributed by atoms with Gasteiger partial charge in [-0.1, -0.05) is 12.1 Å². The second-order valence-electron chi connectivity index (χ2n) is 6.52. The molecule has 2 aliphatic rings. The number of nitriles is 1. The lowest BCUT2D eigenvalue weighted by atomic mass is 10.1. The van der Waals surface area contributed by atoms with E-state index in [-0.39, 0.29) is 24.0 Å². The van der Waals surface area contributed by atoms with E-state index in [1.54, 1.807) is 0 Å². The molecule has 0 spiro atoms. The van der Waals surface area contributed by atoms with Crippen LogP contribution >= 0.6 is 24.0 Å². The average molecular weight is 469 g/mol. The molecule has 2 aliphatic heterocycles. The van der Waals surface area contributed by atoms with Gasteiger partial charge in [0.2, 0.25) is 0 Å². The third-order valence-electron chi connectivity index (χ3n) is 4.85. The Morgan fingerprint density at radius 3 is 2.65 bits per heavy atom. The van der Waals surface area contributed by atoms with Crippen molar-refractivity contribution >= 4 is 29.9 Å². The zero-order valence-corrected chi connectivity index (χ0v) is 17.7. The van der Waals surface area contributed by atoms with Gasteiger partial charge in [0.15, 0.2) is 5.96 Å². The van der Waals surface area contributed by atoms with Crippen LogP contribution in [0.4, 0.5) is 0 Å². The molecule has 1 aromatic rings. The minimum Gasteiger partial charge on any atom is -0.379 e. The van der Waals surface area contributed by atoms with Gasteiger partial charge < -0.3 is 15.0 Å². The summed E-state index contributed by atoms with van der Waals surface area (Å²) in [7, 11) is 0. The molecule has 0 aliphatic carbocycles. The van der Waals surface area contributed by atoms with Crippen LogP contribution in [0.1, 0.15) is 24.5 Å². The quantitative estimate of drug-likeness (QED) is 0.416. The van der Waals surface area contributed by atoms with Gasteiger partial charge >= 0.3 is 0 Å². The molecule has 0 bridgehead atoms. The maximum absolute atomic E-state index is 8.89. The summed E-state index contributed by atoms with van der Waals surface area (Å²) in [4.78, 5) is 9.72. The summed E-state index contributed by atoms with van der Waals surface area (Å²) >= 11 is 0. The van der Waals surface area contributed by atoms with Gasteiger partial charge in [-0.25, -0.2) is 4.99 Å². The third kappa shape index (κ3) is 5.56. The molecule has 3 rings (SSSR count). The van der Waals surface area contributed by atoms with Gasteiger partial charge in [-0.05, 0) is 31.0 Å². The number of ether oxygens (including phenoxy) is 1. The van der Waals surface area contributed by atoms with Crippen LogP contribution in [0.15, 0.2) is 29.3 Å². The third-order valence-corrected chi connectivity index (χ3v) is 4.85. The van der Waals surface area contributed by atoms with E-state index in [2.05, 4.69) is 28.1 Å². The maximum Gasteiger partial charge on any atom is 0.194 e. The lowest BCUT2D eigenvalue weighted by molar-refractivity contribution is 0.0195. The lowest BCUT2D eigenvalue weighted by Crippen LogP contribution is -2.46. The highest BCUT2D eigenvalue weighted by molar-refractivity contribution is 14.0. The Balaban J connectivity index is 0.00000243. The molecule has 1 atom stereocenters. The smallest absolute Gasteiger partial charge is 0.194 e. The number of likely N-dealkylation sites (tertiary alicyclic amines) is 1. The first kappa shape index (κ1) is 20.9. The zero-order valence-electron chi connectivity index (χ0n) is 15.4. The van der Waals surface area contributed by atoms with E-state index in [0.29, 0.717) is 18.2 Å². The summed E-state index contributed by atoms with van der Waals surface area (Å²) in [6.45, 7) is 9.45. The monoisotopic (exact) mass is 469 g/mol. The Kier molecular flexibility index (Phi) is 8.62. The molecule has 7 heteroatoms. The van der Waals surface area contributed by atoms with E-state index in [1.807, 2.05) is 24.3 Å². The molecule has 0 radical (unpaired) electrons. The summed E-state index contributed by atoms with van der Waals surface area (Å²) in [6.07, 6.45) is 1.18. The molecule has 142 valence electrons. The zero-order chi connectivity index (χ0) is 17.5. The maximum atomic E-state index is 8.89. The van der Waals surface area contributed by atoms with Gasteiger partial charge in [-0.3, -0.25) is 4.90 Å². The van der Waals surface area contributed by atoms with E-state index in [9.17, 15) is 0 Å². The average Bonchev–Trinajstić information content (AvgIpc) is 3.16. The van der Waals surface area contributed by atoms with Crippen LogP contribution in [0.5, 0.6) is 0 Å². The van der Waals surface area contributed by atoms with Crippen LogP contribution in [0.2, 0.25) is 0 Å². The van der Waals surface area contributed by atoms with Crippen molar-refractivity contribution in [1.82, 2.24) is 15.1 Å². The van der Waals surface area contributed by atoms with E-state index in [0.717, 1.165) is 57.5 Å². The topological polar surface area (TPSA) is 63.9 Å². The number of guanidine groups is 1. The van der Waals surface area contributed by atoms with Gasteiger partial charge in [0.05, 0.1) is 31.4 Å². The number of nitrogens with one attached hydrogen (secondary N) is 1. The number of nitrogens with zero attached hydrogens (tertiary/aromatic N) is 4. The fourth-order valence-electron chi connectivity index (χ4n) is 3.45. The molecule has 0 amide bonds. The predicted octanol–water partition coefficient (Wildman–Crippen LogP) is 2.05. The highest BCUT2D eigenvalue weighted by Crippen LogP contribution is 2.17. The van der Waals surface area contributed by atoms with Crippen molar-refractivity contribution in [3.05, 3.63) is 35.4 Å². The number of benzene rings is 1. The van der Waals surface area contributed by atoms with Crippen molar-refractivity contribution in [3.8, 4) is 6.07 Å². The fraction of sp³-hybridized carbons (Fsp3) is 0.579. The second kappa shape index (κ2) is 10.7. The van der Waals surface area contributed by atoms with E-state index in [1.165, 1.54) is 6.42 Å². The Morgan fingerprint density at radius 1 is 1.27 bits per heavy atom. The van der Waals surface area contributed by atoms with Crippen LogP contribution in [0.3, 0.4) is 0 Å². The van der Waals surface area contributed by atoms with Crippen molar-refractivity contribution in [3.63, 3.8) is 0 Å². The molecule has 0 aromatic heterocycles. The van der Waals surface area contributed by atoms with Crippen molar-refractivity contribution in [1.29, 1.82) is 5.26 Å². The molecule has 2 fully saturated rings. The fourth-order valence-corrected chi connectivity index (χ4v) is 3.45. The summed E-state index contributed by atoms with van der Waals surface area (Å²) in [5, 5.41) is 12.3. The molecule has 1 aromatic carbocycles. The highest BCUT2D eigenvalue weighted by Gasteiger charge is 2.30. The van der Waals surface area contributed by atoms with Crippen molar-refractivity contribution in [2.45, 2.75) is 25.9 Å². The van der Waals surface area contributed by atoms with E-state index < -0.39 is 0 Å². The number of rotatable bonds is 4. The first-order chi connectivity index (χ1) is 12.3. The molecule has 6 nitrogen and oxygen atoms in total. The number of aliphatic imine (C=N–C) groups is 1. The molecular weight excluding hydrogens is 441 g/mol. The molecule has 0 saturated carbocycles. The van der Waals surface area contributed by atoms with Crippen LogP contribution < -0.4 is 5.32 Å². The van der Waals surface area contributed by atoms with Gasteiger partial charge in [-0.2, -0.15) is 5.26 Å². The lowest BCUT2D eigenvalue weighted by Gasteiger charge is -2.32. The normalized spacial score (nSPS) is 21.2. The molecule has 2 saturated heterocycles. The van der Waals surface area contributed by atoms with Crippen molar-refractivity contribution < 1.29 is 4.74 Å². The standard InChI is InChI=1S/C19H27N5O.HI/c1-2-21-19(22-14-17-5-3-16(13-20)4-6-17)24-8-7-18(15-24)23-9-11-25-12-10-23;/h3-6,18H,2,7-12,14-15H2,1H3,(H,21,22);1H. The Labute approximate surface area is 173 Å². The first-order valence-corrected chi connectivity index (χ1v) is 9.14. The van der Waals surface area contributed by atoms with Crippen molar-refractivity contribution in [2.75, 3.05) is 45.9 Å². The van der Waals surface area contributed by atoms with Gasteiger partial charge in [0.1, 0.15) is 0 Å². The van der Waals surface area contributed by atoms with Crippen LogP contribution in [0.25, 0.3) is 0 Å². The molecular formula is C19H28IN5O. The summed E-state index contributed by atoms with van der Waals surface area (Å²) in [5.74, 6) is 0.989. The Hall–Kier alpha value is -1.37. The van der Waals surface area contributed by atoms with Gasteiger partial charge in [0, 0.05) is 38.8 Å². The van der Waals surface area contributed by atoms with Gasteiger partial charge in [0.25, 0.3) is 0 Å². The largest absolute Gasteiger partial charge is 0.379 e. The summed E-state index contributed by atoms with van der Waals surface area (Å²) in [5.41, 5.74) is 1.81. The Bertz CT molecular complexity index is 622. The number of hydrogen-bond acceptors (Lipinski definition) is 4. The highest BCUT2D eigenvalue weighted by atomic mass is 127. The predicted molar refractivity (Wildman–Crippen MR) is 114 cm³/mol. The van der Waals surface area contributed by atoms with E-state index >= 15 is 0 Å². The number of hydrogen-bond donors (Lipinski definition) is 1. The molecule has 26 heavy (non-hydrogen) atoms. The molecule has 1 N–H and O–H groups in total. The minimum atomic E-state index is 0. The summed E-state index contributed by atoms with van der Waals surface area (Å²) in [6, 6.07) is 10.4. The van der Waals surface area contributed by atoms with Crippen LogP contribution in [-0.2, 0) is 11.3 Å². The number of halogens is 1. The number of morpholine rings is 1. The minimum absolute atomic E-state index is 0. The van der Waals surface area contributed by atoms with Crippen molar-refractivity contribution in [2.24, 2.45) is 4.99 Å². The first-order valence-electron chi connectivity index (χ1n) is 9.14. The van der Waals surface area contributed by atoms with Crippen LogP contribution in [0, 0.1) is 11.3 Å². The summed E-state index contributed by atoms with van der Waals surface area (Å²) < 4.78 is 5.46.